The van der Waals surface area contributed by atoms with Crippen LogP contribution in [0.15, 0.2) is 85.1 Å². The largest absolute Gasteiger partial charge is 0.462 e. The minimum absolute atomic E-state index is 0.106. The summed E-state index contributed by atoms with van der Waals surface area (Å²) in [7, 11) is 0. The van der Waals surface area contributed by atoms with Gasteiger partial charge in [0.1, 0.15) is 13.2 Å². The van der Waals surface area contributed by atoms with Gasteiger partial charge in [-0.05, 0) is 83.5 Å². The van der Waals surface area contributed by atoms with Crippen LogP contribution >= 0.6 is 0 Å². The maximum Gasteiger partial charge on any atom is 0.306 e. The molecule has 0 radical (unpaired) electrons. The van der Waals surface area contributed by atoms with E-state index in [1.165, 1.54) is 218 Å². The molecule has 6 nitrogen and oxygen atoms in total. The van der Waals surface area contributed by atoms with Gasteiger partial charge in [0.05, 0.1) is 0 Å². The number of carbonyl (C=O) groups is 3. The lowest BCUT2D eigenvalue weighted by Crippen LogP contribution is -2.30. The van der Waals surface area contributed by atoms with Crippen molar-refractivity contribution in [3.05, 3.63) is 85.1 Å². The van der Waals surface area contributed by atoms with Crippen LogP contribution in [0.1, 0.15) is 348 Å². The summed E-state index contributed by atoms with van der Waals surface area (Å²) in [6.45, 7) is 6.50. The Hall–Kier alpha value is -3.41. The third-order valence-electron chi connectivity index (χ3n) is 15.1. The fourth-order valence-electron chi connectivity index (χ4n) is 10.00. The molecule has 0 aliphatic rings. The Morgan fingerprint density at radius 3 is 0.812 bits per heavy atom. The van der Waals surface area contributed by atoms with Gasteiger partial charge >= 0.3 is 17.9 Å². The summed E-state index contributed by atoms with van der Waals surface area (Å²) in [5.74, 6) is -0.983. The molecule has 1 atom stereocenters. The molecule has 0 saturated heterocycles. The van der Waals surface area contributed by atoms with Gasteiger partial charge in [0.15, 0.2) is 6.10 Å². The van der Waals surface area contributed by atoms with Crippen molar-refractivity contribution in [2.45, 2.75) is 354 Å². The van der Waals surface area contributed by atoms with E-state index < -0.39 is 6.10 Å². The van der Waals surface area contributed by atoms with E-state index in [1.54, 1.807) is 0 Å². The second kappa shape index (κ2) is 68.1. The van der Waals surface area contributed by atoms with Gasteiger partial charge < -0.3 is 14.2 Å². The van der Waals surface area contributed by atoms with Gasteiger partial charge in [-0.2, -0.15) is 0 Å². The molecule has 0 fully saturated rings. The first-order chi connectivity index (χ1) is 39.5. The fraction of sp³-hybridized carbons (Fsp3) is 0.770. The number of rotatable bonds is 63. The summed E-state index contributed by atoms with van der Waals surface area (Å²) in [6, 6.07) is 0. The first-order valence-electron chi connectivity index (χ1n) is 34.6. The Balaban J connectivity index is 4.35. The zero-order valence-electron chi connectivity index (χ0n) is 53.1. The van der Waals surface area contributed by atoms with Crippen molar-refractivity contribution in [1.29, 1.82) is 0 Å². The van der Waals surface area contributed by atoms with Crippen molar-refractivity contribution < 1.29 is 28.6 Å². The van der Waals surface area contributed by atoms with Gasteiger partial charge in [-0.25, -0.2) is 0 Å². The highest BCUT2D eigenvalue weighted by atomic mass is 16.6. The SMILES string of the molecule is CC/C=C\C/C=C\C/C=C\C/C=C\C/C=C\C/C=C\CCC(=O)OC(COC(=O)CCCCCCC/C=C\CCCCCCCCC)COC(=O)CCCCCCCCCCCCCCCCCCCCCCCCCCCCC. The highest BCUT2D eigenvalue weighted by molar-refractivity contribution is 5.71. The van der Waals surface area contributed by atoms with E-state index in [0.29, 0.717) is 19.3 Å². The van der Waals surface area contributed by atoms with Crippen molar-refractivity contribution in [2.24, 2.45) is 0 Å². The molecule has 0 aromatic carbocycles. The summed E-state index contributed by atoms with van der Waals surface area (Å²) >= 11 is 0. The minimum atomic E-state index is -0.821. The van der Waals surface area contributed by atoms with Crippen LogP contribution in [-0.2, 0) is 28.6 Å². The molecule has 0 bridgehead atoms. The molecule has 0 heterocycles. The molecule has 462 valence electrons. The Morgan fingerprint density at radius 1 is 0.263 bits per heavy atom. The molecule has 0 spiro atoms. The predicted octanol–water partition coefficient (Wildman–Crippen LogP) is 23.8. The number of carbonyl (C=O) groups excluding carboxylic acids is 3. The van der Waals surface area contributed by atoms with Gasteiger partial charge in [-0.3, -0.25) is 14.4 Å². The average molecular weight is 1120 g/mol. The number of hydrogen-bond donors (Lipinski definition) is 0. The quantitative estimate of drug-likeness (QED) is 0.0261. The van der Waals surface area contributed by atoms with E-state index >= 15 is 0 Å². The molecular weight excluding hydrogens is 985 g/mol. The molecule has 0 aromatic rings. The van der Waals surface area contributed by atoms with Crippen LogP contribution in [0.2, 0.25) is 0 Å². The van der Waals surface area contributed by atoms with Crippen LogP contribution in [0, 0.1) is 0 Å². The average Bonchev–Trinajstić information content (AvgIpc) is 3.46. The van der Waals surface area contributed by atoms with E-state index in [1.807, 2.05) is 6.08 Å². The molecule has 0 aliphatic carbocycles. The van der Waals surface area contributed by atoms with Crippen molar-refractivity contribution in [3.8, 4) is 0 Å². The van der Waals surface area contributed by atoms with E-state index in [9.17, 15) is 14.4 Å². The van der Waals surface area contributed by atoms with E-state index in [-0.39, 0.29) is 37.5 Å². The predicted molar refractivity (Wildman–Crippen MR) is 348 cm³/mol. The van der Waals surface area contributed by atoms with E-state index in [4.69, 9.17) is 14.2 Å². The molecule has 0 aromatic heterocycles. The molecule has 0 rings (SSSR count). The van der Waals surface area contributed by atoms with Crippen molar-refractivity contribution in [2.75, 3.05) is 13.2 Å². The minimum Gasteiger partial charge on any atom is -0.462 e. The van der Waals surface area contributed by atoms with Crippen LogP contribution < -0.4 is 0 Å². The van der Waals surface area contributed by atoms with E-state index in [2.05, 4.69) is 99.8 Å². The Kier molecular flexibility index (Phi) is 65.2. The van der Waals surface area contributed by atoms with Crippen LogP contribution in [0.4, 0.5) is 0 Å². The Labute approximate surface area is 496 Å². The maximum absolute atomic E-state index is 12.9. The molecular formula is C74H130O6. The second-order valence-corrected chi connectivity index (χ2v) is 23.1. The monoisotopic (exact) mass is 1110 g/mol. The van der Waals surface area contributed by atoms with Crippen LogP contribution in [0.25, 0.3) is 0 Å². The van der Waals surface area contributed by atoms with Crippen LogP contribution in [0.3, 0.4) is 0 Å². The van der Waals surface area contributed by atoms with Crippen LogP contribution in [0.5, 0.6) is 0 Å². The first kappa shape index (κ1) is 76.6. The topological polar surface area (TPSA) is 78.9 Å². The summed E-state index contributed by atoms with van der Waals surface area (Å²) in [6.07, 6.45) is 90.6. The third-order valence-corrected chi connectivity index (χ3v) is 15.1. The molecule has 0 saturated carbocycles. The first-order valence-corrected chi connectivity index (χ1v) is 34.6. The summed E-state index contributed by atoms with van der Waals surface area (Å²) < 4.78 is 16.9. The third kappa shape index (κ3) is 65.4. The summed E-state index contributed by atoms with van der Waals surface area (Å²) in [4.78, 5) is 38.4. The number of hydrogen-bond acceptors (Lipinski definition) is 6. The second-order valence-electron chi connectivity index (χ2n) is 23.1. The van der Waals surface area contributed by atoms with Crippen molar-refractivity contribution >= 4 is 17.9 Å². The van der Waals surface area contributed by atoms with Crippen molar-refractivity contribution in [1.82, 2.24) is 0 Å². The number of ether oxygens (including phenoxy) is 3. The molecule has 0 amide bonds. The maximum atomic E-state index is 12.9. The highest BCUT2D eigenvalue weighted by Crippen LogP contribution is 2.18. The zero-order chi connectivity index (χ0) is 57.8. The molecule has 0 aliphatic heterocycles. The molecule has 0 N–H and O–H groups in total. The van der Waals surface area contributed by atoms with Gasteiger partial charge in [0, 0.05) is 19.3 Å². The number of unbranched alkanes of at least 4 members (excludes halogenated alkanes) is 38. The zero-order valence-corrected chi connectivity index (χ0v) is 53.1. The number of allylic oxidation sites excluding steroid dienone is 14. The summed E-state index contributed by atoms with van der Waals surface area (Å²) in [5.41, 5.74) is 0. The normalized spacial score (nSPS) is 12.6. The van der Waals surface area contributed by atoms with Crippen molar-refractivity contribution in [3.63, 3.8) is 0 Å². The molecule has 1 unspecified atom stereocenters. The summed E-state index contributed by atoms with van der Waals surface area (Å²) in [5, 5.41) is 0. The lowest BCUT2D eigenvalue weighted by atomic mass is 10.0. The Bertz CT molecular complexity index is 1520. The standard InChI is InChI=1S/C74H130O6/c1-4-7-10-13-16-19-22-25-28-31-33-34-35-36-37-38-39-40-42-43-46-49-52-55-58-61-64-67-73(76)79-70-71(69-78-72(75)66-63-60-57-54-51-48-45-30-27-24-21-18-15-12-9-6-3)80-74(77)68-65-62-59-56-53-50-47-44-41-32-29-26-23-20-17-14-11-8-5-2/h8,11,17,20,26,29-30,41,44-45,50,53,59,62,71H,4-7,9-10,12-16,18-19,21-25,27-28,31-40,42-43,46-49,51-52,54-58,60-61,63-70H2,1-3H3/b11-8-,20-17-,29-26-,44-41-,45-30-,53-50-,62-59-. The lowest BCUT2D eigenvalue weighted by Gasteiger charge is -2.18. The van der Waals surface area contributed by atoms with Gasteiger partial charge in [0.25, 0.3) is 0 Å². The lowest BCUT2D eigenvalue weighted by molar-refractivity contribution is -0.166. The number of esters is 3. The van der Waals surface area contributed by atoms with Crippen LogP contribution in [-0.4, -0.2) is 37.2 Å². The van der Waals surface area contributed by atoms with Gasteiger partial charge in [-0.1, -0.05) is 331 Å². The molecule has 80 heavy (non-hydrogen) atoms. The van der Waals surface area contributed by atoms with Gasteiger partial charge in [0.2, 0.25) is 0 Å². The van der Waals surface area contributed by atoms with E-state index in [0.717, 1.165) is 83.5 Å². The van der Waals surface area contributed by atoms with Gasteiger partial charge in [-0.15, -0.1) is 0 Å². The Morgan fingerprint density at radius 2 is 0.512 bits per heavy atom. The molecule has 6 heteroatoms. The fourth-order valence-corrected chi connectivity index (χ4v) is 10.00. The highest BCUT2D eigenvalue weighted by Gasteiger charge is 2.19. The smallest absolute Gasteiger partial charge is 0.306 e.